The third kappa shape index (κ3) is 6.50. The van der Waals surface area contributed by atoms with E-state index >= 15 is 0 Å². The molecule has 1 aromatic heterocycles. The van der Waals surface area contributed by atoms with E-state index in [1.165, 1.54) is 6.07 Å². The third-order valence-corrected chi connectivity index (χ3v) is 7.38. The first-order valence-electron chi connectivity index (χ1n) is 13.5. The van der Waals surface area contributed by atoms with Crippen molar-refractivity contribution in [1.29, 1.82) is 0 Å². The number of nitrogens with zero attached hydrogens (tertiary/aromatic N) is 1. The van der Waals surface area contributed by atoms with E-state index in [1.807, 2.05) is 81.4 Å². The van der Waals surface area contributed by atoms with E-state index in [9.17, 15) is 14.7 Å². The number of nitrogens with two attached hydrogens (primary N) is 1. The smallest absolute Gasteiger partial charge is 0.254 e. The average Bonchev–Trinajstić information content (AvgIpc) is 3.51. The summed E-state index contributed by atoms with van der Waals surface area (Å²) >= 11 is 0. The van der Waals surface area contributed by atoms with Crippen molar-refractivity contribution in [2.24, 2.45) is 5.73 Å². The molecule has 4 unspecified atom stereocenters. The van der Waals surface area contributed by atoms with Crippen LogP contribution in [-0.4, -0.2) is 34.0 Å². The molecule has 0 radical (unpaired) electrons. The number of carbonyl (C=O) groups excluding carboxylic acids is 2. The minimum absolute atomic E-state index is 0.0743. The topological polar surface area (TPSA) is 109 Å². The number of furan rings is 1. The van der Waals surface area contributed by atoms with Crippen LogP contribution >= 0.6 is 0 Å². The minimum atomic E-state index is -1.00. The van der Waals surface area contributed by atoms with E-state index in [1.54, 1.807) is 35.4 Å². The molecule has 0 aliphatic rings. The highest BCUT2D eigenvalue weighted by atomic mass is 16.3. The predicted octanol–water partition coefficient (Wildman–Crippen LogP) is 5.73. The van der Waals surface area contributed by atoms with Gasteiger partial charge in [0.05, 0.1) is 30.5 Å². The van der Waals surface area contributed by atoms with Crippen LogP contribution in [0.5, 0.6) is 0 Å². The molecule has 2 amide bonds. The molecular weight excluding hydrogens is 502 g/mol. The van der Waals surface area contributed by atoms with Crippen LogP contribution in [0.3, 0.4) is 0 Å². The molecule has 4 aromatic rings. The zero-order valence-corrected chi connectivity index (χ0v) is 23.3. The fourth-order valence-electron chi connectivity index (χ4n) is 5.18. The molecule has 3 aromatic carbocycles. The van der Waals surface area contributed by atoms with E-state index < -0.39 is 30.1 Å². The summed E-state index contributed by atoms with van der Waals surface area (Å²) in [5.74, 6) is -0.374. The first-order valence-corrected chi connectivity index (χ1v) is 13.5. The van der Waals surface area contributed by atoms with Crippen molar-refractivity contribution in [3.8, 4) is 0 Å². The second-order valence-electron chi connectivity index (χ2n) is 10.3. The molecule has 0 bridgehead atoms. The van der Waals surface area contributed by atoms with Crippen molar-refractivity contribution in [2.45, 2.75) is 58.0 Å². The molecule has 0 spiro atoms. The van der Waals surface area contributed by atoms with Gasteiger partial charge in [-0.25, -0.2) is 0 Å². The van der Waals surface area contributed by atoms with Gasteiger partial charge in [-0.05, 0) is 74.7 Å². The van der Waals surface area contributed by atoms with Crippen molar-refractivity contribution in [3.05, 3.63) is 131 Å². The Bertz CT molecular complexity index is 1410. The molecule has 7 nitrogen and oxygen atoms in total. The summed E-state index contributed by atoms with van der Waals surface area (Å²) in [7, 11) is 0. The number of hydrogen-bond donors (Lipinski definition) is 3. The number of nitrogens with one attached hydrogen (secondary N) is 1. The van der Waals surface area contributed by atoms with E-state index in [0.29, 0.717) is 11.3 Å². The van der Waals surface area contributed by atoms with Gasteiger partial charge in [0.15, 0.2) is 0 Å². The normalized spacial score (nSPS) is 15.0. The van der Waals surface area contributed by atoms with Gasteiger partial charge >= 0.3 is 0 Å². The largest absolute Gasteiger partial charge is 0.467 e. The second-order valence-corrected chi connectivity index (χ2v) is 10.3. The molecule has 4 rings (SSSR count). The van der Waals surface area contributed by atoms with Crippen LogP contribution in [0.4, 0.5) is 0 Å². The monoisotopic (exact) mass is 539 g/mol. The lowest BCUT2D eigenvalue weighted by atomic mass is 9.92. The van der Waals surface area contributed by atoms with Gasteiger partial charge in [-0.2, -0.15) is 0 Å². The lowest BCUT2D eigenvalue weighted by Gasteiger charge is -2.40. The van der Waals surface area contributed by atoms with Crippen LogP contribution in [0.2, 0.25) is 0 Å². The molecule has 0 saturated carbocycles. The maximum atomic E-state index is 14.2. The van der Waals surface area contributed by atoms with Crippen LogP contribution in [-0.2, 0) is 0 Å². The number of hydrogen-bond acceptors (Lipinski definition) is 5. The summed E-state index contributed by atoms with van der Waals surface area (Å²) in [6, 6.07) is 26.5. The summed E-state index contributed by atoms with van der Waals surface area (Å²) in [6.45, 7) is 7.55. The van der Waals surface area contributed by atoms with Crippen LogP contribution < -0.4 is 11.1 Å². The van der Waals surface area contributed by atoms with E-state index in [0.717, 1.165) is 16.7 Å². The van der Waals surface area contributed by atoms with Crippen molar-refractivity contribution in [1.82, 2.24) is 10.2 Å². The first-order chi connectivity index (χ1) is 19.2. The molecule has 40 heavy (non-hydrogen) atoms. The van der Waals surface area contributed by atoms with Gasteiger partial charge < -0.3 is 25.5 Å². The predicted molar refractivity (Wildman–Crippen MR) is 156 cm³/mol. The fraction of sp³-hybridized carbons (Fsp3) is 0.273. The van der Waals surface area contributed by atoms with Crippen molar-refractivity contribution in [3.63, 3.8) is 0 Å². The molecule has 7 heteroatoms. The molecule has 0 fully saturated rings. The average molecular weight is 540 g/mol. The molecule has 0 aliphatic carbocycles. The zero-order valence-electron chi connectivity index (χ0n) is 23.3. The van der Waals surface area contributed by atoms with E-state index in [2.05, 4.69) is 12.2 Å². The SMILES string of the molecule is Cc1cc(C(N)=O)cc(C(=O)N(C(C)c2ccco2)C(C)C(O)C(N[C@@H](C)c2ccccc2)c2ccccc2)c1. The number of primary amides is 1. The molecule has 5 atom stereocenters. The van der Waals surface area contributed by atoms with Gasteiger partial charge in [0.2, 0.25) is 5.91 Å². The molecule has 4 N–H and O–H groups in total. The Morgan fingerprint density at radius 3 is 2.02 bits per heavy atom. The second kappa shape index (κ2) is 12.8. The highest BCUT2D eigenvalue weighted by Crippen LogP contribution is 2.32. The first kappa shape index (κ1) is 28.8. The third-order valence-electron chi connectivity index (χ3n) is 7.38. The van der Waals surface area contributed by atoms with Gasteiger partial charge in [0, 0.05) is 17.2 Å². The Hall–Kier alpha value is -4.20. The molecule has 1 heterocycles. The van der Waals surface area contributed by atoms with E-state index in [-0.39, 0.29) is 17.5 Å². The van der Waals surface area contributed by atoms with Gasteiger partial charge in [-0.15, -0.1) is 0 Å². The summed E-state index contributed by atoms with van der Waals surface area (Å²) in [5, 5.41) is 15.6. The quantitative estimate of drug-likeness (QED) is 0.226. The number of aliphatic hydroxyl groups is 1. The number of aliphatic hydroxyl groups excluding tert-OH is 1. The van der Waals surface area contributed by atoms with Crippen LogP contribution in [0.25, 0.3) is 0 Å². The maximum Gasteiger partial charge on any atom is 0.254 e. The Balaban J connectivity index is 1.73. The standard InChI is InChI=1S/C33H37N3O4/c1-21-18-27(32(34)38)20-28(19-21)33(39)36(23(3)29-16-11-17-40-29)24(4)31(37)30(26-14-9-6-10-15-26)35-22(2)25-12-7-5-8-13-25/h5-20,22-24,30-31,35,37H,1-4H3,(H2,34,38)/t22-,23?,24?,30?,31?/m0/s1. The Kier molecular flexibility index (Phi) is 9.19. The zero-order chi connectivity index (χ0) is 28.8. The number of rotatable bonds is 11. The summed E-state index contributed by atoms with van der Waals surface area (Å²) in [5.41, 5.74) is 8.82. The van der Waals surface area contributed by atoms with E-state index in [4.69, 9.17) is 10.2 Å². The number of benzene rings is 3. The van der Waals surface area contributed by atoms with Gasteiger partial charge in [-0.1, -0.05) is 60.7 Å². The molecule has 0 saturated heterocycles. The van der Waals surface area contributed by atoms with Gasteiger partial charge in [0.1, 0.15) is 5.76 Å². The van der Waals surface area contributed by atoms with Crippen LogP contribution in [0.1, 0.15) is 82.1 Å². The number of aryl methyl sites for hydroxylation is 1. The highest BCUT2D eigenvalue weighted by Gasteiger charge is 2.37. The van der Waals surface area contributed by atoms with Crippen molar-refractivity contribution >= 4 is 11.8 Å². The minimum Gasteiger partial charge on any atom is -0.467 e. The lowest BCUT2D eigenvalue weighted by molar-refractivity contribution is 0.00887. The summed E-state index contributed by atoms with van der Waals surface area (Å²) in [6.07, 6.45) is 0.555. The van der Waals surface area contributed by atoms with Crippen LogP contribution in [0.15, 0.2) is 102 Å². The molecule has 208 valence electrons. The lowest BCUT2D eigenvalue weighted by Crippen LogP contribution is -2.51. The van der Waals surface area contributed by atoms with Gasteiger partial charge in [-0.3, -0.25) is 9.59 Å². The van der Waals surface area contributed by atoms with Crippen LogP contribution in [0, 0.1) is 6.92 Å². The molecular formula is C33H37N3O4. The van der Waals surface area contributed by atoms with Gasteiger partial charge in [0.25, 0.3) is 5.91 Å². The Labute approximate surface area is 235 Å². The number of amides is 2. The Morgan fingerprint density at radius 2 is 1.45 bits per heavy atom. The Morgan fingerprint density at radius 1 is 0.850 bits per heavy atom. The maximum absolute atomic E-state index is 14.2. The summed E-state index contributed by atoms with van der Waals surface area (Å²) in [4.78, 5) is 27.7. The highest BCUT2D eigenvalue weighted by molar-refractivity contribution is 5.99. The molecule has 0 aliphatic heterocycles. The number of carbonyl (C=O) groups is 2. The summed E-state index contributed by atoms with van der Waals surface area (Å²) < 4.78 is 5.68. The van der Waals surface area contributed by atoms with Crippen molar-refractivity contribution < 1.29 is 19.1 Å². The fourth-order valence-corrected chi connectivity index (χ4v) is 5.18. The van der Waals surface area contributed by atoms with Crippen molar-refractivity contribution in [2.75, 3.05) is 0 Å².